The Morgan fingerprint density at radius 2 is 1.37 bits per heavy atom. The fourth-order valence-corrected chi connectivity index (χ4v) is 7.63. The first-order valence-electron chi connectivity index (χ1n) is 12.8. The van der Waals surface area contributed by atoms with Crippen LogP contribution in [0.25, 0.3) is 47.9 Å². The zero-order valence-electron chi connectivity index (χ0n) is 21.2. The summed E-state index contributed by atoms with van der Waals surface area (Å²) in [6.07, 6.45) is 6.33. The maximum absolute atomic E-state index is 15.0. The summed E-state index contributed by atoms with van der Waals surface area (Å²) in [5.41, 5.74) is 7.22. The van der Waals surface area contributed by atoms with Crippen molar-refractivity contribution in [3.8, 4) is 31.3 Å². The van der Waals surface area contributed by atoms with Crippen LogP contribution in [0.3, 0.4) is 0 Å². The molecule has 192 valence electrons. The highest BCUT2D eigenvalue weighted by molar-refractivity contribution is 7.19. The molecule has 3 heterocycles. The van der Waals surface area contributed by atoms with Gasteiger partial charge in [-0.15, -0.1) is 22.7 Å². The van der Waals surface area contributed by atoms with Gasteiger partial charge in [0.15, 0.2) is 0 Å². The highest BCUT2D eigenvalue weighted by atomic mass is 32.1. The Hall–Kier alpha value is -3.00. The Labute approximate surface area is 233 Å². The van der Waals surface area contributed by atoms with E-state index < -0.39 is 0 Å². The molecule has 1 aliphatic carbocycles. The molecule has 0 saturated carbocycles. The number of aryl methyl sites for hydroxylation is 1. The van der Waals surface area contributed by atoms with Gasteiger partial charge in [-0.2, -0.15) is 8.75 Å². The van der Waals surface area contributed by atoms with E-state index in [9.17, 15) is 8.78 Å². The maximum Gasteiger partial charge on any atom is 0.132 e. The van der Waals surface area contributed by atoms with Crippen molar-refractivity contribution in [1.29, 1.82) is 0 Å². The van der Waals surface area contributed by atoms with E-state index in [1.807, 2.05) is 37.3 Å². The molecular weight excluding hydrogens is 535 g/mol. The van der Waals surface area contributed by atoms with Crippen molar-refractivity contribution in [2.24, 2.45) is 0 Å². The molecular formula is C31H26F2N2S3. The molecule has 0 atom stereocenters. The smallest absolute Gasteiger partial charge is 0.132 e. The van der Waals surface area contributed by atoms with Crippen molar-refractivity contribution in [3.05, 3.63) is 88.3 Å². The lowest BCUT2D eigenvalue weighted by atomic mass is 9.97. The van der Waals surface area contributed by atoms with Crippen LogP contribution in [-0.2, 0) is 6.42 Å². The molecule has 1 aliphatic rings. The van der Waals surface area contributed by atoms with Crippen LogP contribution in [0.2, 0.25) is 0 Å². The molecule has 2 nitrogen and oxygen atoms in total. The lowest BCUT2D eigenvalue weighted by Gasteiger charge is -2.12. The first-order chi connectivity index (χ1) is 18.5. The molecule has 0 fully saturated rings. The van der Waals surface area contributed by atoms with E-state index >= 15 is 0 Å². The first-order valence-corrected chi connectivity index (χ1v) is 15.2. The van der Waals surface area contributed by atoms with Crippen LogP contribution < -0.4 is 0 Å². The molecule has 0 bridgehead atoms. The van der Waals surface area contributed by atoms with Crippen molar-refractivity contribution in [1.82, 2.24) is 8.75 Å². The Kier molecular flexibility index (Phi) is 7.08. The molecule has 3 aromatic heterocycles. The summed E-state index contributed by atoms with van der Waals surface area (Å²) >= 11 is 4.36. The predicted octanol–water partition coefficient (Wildman–Crippen LogP) is 10.7. The summed E-state index contributed by atoms with van der Waals surface area (Å²) in [6.45, 7) is 4.12. The third-order valence-electron chi connectivity index (χ3n) is 7.00. The Morgan fingerprint density at radius 1 is 0.763 bits per heavy atom. The SMILES string of the molecule is CCCCc1ccc(-c2ccc(-c3ccc(-c4ccc(C5=C(F)C=C(C)CC5)s4)c4nsnc34)s2)c(F)c1. The lowest BCUT2D eigenvalue weighted by molar-refractivity contribution is 0.628. The van der Waals surface area contributed by atoms with Gasteiger partial charge in [0.1, 0.15) is 22.7 Å². The highest BCUT2D eigenvalue weighted by Crippen LogP contribution is 2.43. The van der Waals surface area contributed by atoms with Crippen molar-refractivity contribution in [2.45, 2.75) is 46.0 Å². The van der Waals surface area contributed by atoms with Crippen LogP contribution in [-0.4, -0.2) is 8.75 Å². The van der Waals surface area contributed by atoms with E-state index in [0.29, 0.717) is 5.56 Å². The molecule has 0 amide bonds. The highest BCUT2D eigenvalue weighted by Gasteiger charge is 2.19. The number of thiophene rings is 2. The Bertz CT molecular complexity index is 1700. The molecule has 0 saturated heterocycles. The number of rotatable bonds is 7. The van der Waals surface area contributed by atoms with E-state index in [-0.39, 0.29) is 11.6 Å². The molecule has 0 unspecified atom stereocenters. The van der Waals surface area contributed by atoms with E-state index in [0.717, 1.165) is 90.5 Å². The quantitative estimate of drug-likeness (QED) is 0.198. The summed E-state index contributed by atoms with van der Waals surface area (Å²) in [5, 5.41) is 0. The summed E-state index contributed by atoms with van der Waals surface area (Å²) in [5.74, 6) is -0.301. The second-order valence-corrected chi connectivity index (χ2v) is 12.4. The van der Waals surface area contributed by atoms with Gasteiger partial charge in [0.2, 0.25) is 0 Å². The van der Waals surface area contributed by atoms with E-state index in [4.69, 9.17) is 0 Å². The van der Waals surface area contributed by atoms with Crippen molar-refractivity contribution >= 4 is 51.0 Å². The summed E-state index contributed by atoms with van der Waals surface area (Å²) < 4.78 is 38.8. The number of allylic oxidation sites excluding steroid dienone is 4. The van der Waals surface area contributed by atoms with Crippen LogP contribution in [0.1, 0.15) is 50.0 Å². The van der Waals surface area contributed by atoms with Gasteiger partial charge in [0, 0.05) is 41.8 Å². The first kappa shape index (κ1) is 25.3. The van der Waals surface area contributed by atoms with Gasteiger partial charge >= 0.3 is 0 Å². The fraction of sp³-hybridized carbons (Fsp3) is 0.226. The zero-order chi connectivity index (χ0) is 26.2. The van der Waals surface area contributed by atoms with Crippen molar-refractivity contribution in [3.63, 3.8) is 0 Å². The molecule has 5 aromatic rings. The average Bonchev–Trinajstić information content (AvgIpc) is 3.68. The van der Waals surface area contributed by atoms with Gasteiger partial charge in [0.25, 0.3) is 0 Å². The number of aromatic nitrogens is 2. The Morgan fingerprint density at radius 3 is 2.00 bits per heavy atom. The standard InChI is InChI=1S/C31H26F2N2S3/c1-3-4-5-19-7-9-21(25(33)17-19)27-13-15-29(37-27)23-11-10-22(30-31(23)35-38-34-30)28-14-12-26(36-28)20-8-6-18(2)16-24(20)32/h7,9-17H,3-6,8H2,1-2H3. The molecule has 0 spiro atoms. The molecule has 0 radical (unpaired) electrons. The molecule has 0 aliphatic heterocycles. The minimum atomic E-state index is -0.175. The monoisotopic (exact) mass is 560 g/mol. The Balaban J connectivity index is 1.32. The third kappa shape index (κ3) is 4.79. The summed E-state index contributed by atoms with van der Waals surface area (Å²) in [7, 11) is 0. The second kappa shape index (κ2) is 10.6. The van der Waals surface area contributed by atoms with Gasteiger partial charge in [0.05, 0.1) is 11.7 Å². The molecule has 38 heavy (non-hydrogen) atoms. The molecule has 7 heteroatoms. The number of hydrogen-bond acceptors (Lipinski definition) is 5. The van der Waals surface area contributed by atoms with E-state index in [1.165, 1.54) is 11.7 Å². The topological polar surface area (TPSA) is 25.8 Å². The van der Waals surface area contributed by atoms with Crippen molar-refractivity contribution < 1.29 is 8.78 Å². The molecule has 0 N–H and O–H groups in total. The predicted molar refractivity (Wildman–Crippen MR) is 159 cm³/mol. The van der Waals surface area contributed by atoms with Gasteiger partial charge in [-0.3, -0.25) is 0 Å². The fourth-order valence-electron chi connectivity index (χ4n) is 4.89. The number of benzene rings is 2. The minimum Gasteiger partial charge on any atom is -0.207 e. The van der Waals surface area contributed by atoms with E-state index in [1.54, 1.807) is 34.8 Å². The largest absolute Gasteiger partial charge is 0.207 e. The third-order valence-corrected chi connectivity index (χ3v) is 9.86. The normalized spacial score (nSPS) is 13.9. The van der Waals surface area contributed by atoms with Gasteiger partial charge in [-0.25, -0.2) is 8.78 Å². The average molecular weight is 561 g/mol. The van der Waals surface area contributed by atoms with Crippen LogP contribution >= 0.6 is 34.4 Å². The van der Waals surface area contributed by atoms with Gasteiger partial charge in [-0.1, -0.05) is 43.2 Å². The summed E-state index contributed by atoms with van der Waals surface area (Å²) in [6, 6.07) is 17.8. The summed E-state index contributed by atoms with van der Waals surface area (Å²) in [4.78, 5) is 3.94. The second-order valence-electron chi connectivity index (χ2n) is 9.68. The van der Waals surface area contributed by atoms with Crippen molar-refractivity contribution in [2.75, 3.05) is 0 Å². The number of nitrogens with zero attached hydrogens (tertiary/aromatic N) is 2. The van der Waals surface area contributed by atoms with Gasteiger partial charge in [-0.05, 0) is 74.6 Å². The van der Waals surface area contributed by atoms with Crippen LogP contribution in [0.15, 0.2) is 72.1 Å². The van der Waals surface area contributed by atoms with E-state index in [2.05, 4.69) is 33.9 Å². The number of halogens is 2. The minimum absolute atomic E-state index is 0.126. The zero-order valence-corrected chi connectivity index (χ0v) is 23.6. The van der Waals surface area contributed by atoms with Crippen LogP contribution in [0.5, 0.6) is 0 Å². The molecule has 6 rings (SSSR count). The number of hydrogen-bond donors (Lipinski definition) is 0. The van der Waals surface area contributed by atoms with Gasteiger partial charge < -0.3 is 0 Å². The number of fused-ring (bicyclic) bond motifs is 1. The van der Waals surface area contributed by atoms with Crippen LogP contribution in [0.4, 0.5) is 8.78 Å². The number of unbranched alkanes of at least 4 members (excludes halogenated alkanes) is 1. The molecule has 2 aromatic carbocycles. The maximum atomic E-state index is 15.0. The lowest BCUT2D eigenvalue weighted by Crippen LogP contribution is -1.92. The van der Waals surface area contributed by atoms with Crippen LogP contribution in [0, 0.1) is 5.82 Å².